The molecule has 0 spiro atoms. The third-order valence-corrected chi connectivity index (χ3v) is 5.16. The summed E-state index contributed by atoms with van der Waals surface area (Å²) in [6.45, 7) is 3.30. The highest BCUT2D eigenvalue weighted by molar-refractivity contribution is 8.00. The lowest BCUT2D eigenvalue weighted by Gasteiger charge is -2.17. The monoisotopic (exact) mass is 272 g/mol. The van der Waals surface area contributed by atoms with Crippen LogP contribution in [0.3, 0.4) is 0 Å². The summed E-state index contributed by atoms with van der Waals surface area (Å²) in [6, 6.07) is 13.6. The maximum absolute atomic E-state index is 3.32. The van der Waals surface area contributed by atoms with Gasteiger partial charge in [0.1, 0.15) is 0 Å². The second-order valence-corrected chi connectivity index (χ2v) is 6.49. The lowest BCUT2D eigenvalue weighted by Crippen LogP contribution is -2.20. The summed E-state index contributed by atoms with van der Waals surface area (Å²) in [5.41, 5.74) is 2.88. The molecule has 0 amide bonds. The van der Waals surface area contributed by atoms with E-state index < -0.39 is 0 Å². The van der Waals surface area contributed by atoms with Gasteiger partial charge in [0, 0.05) is 34.6 Å². The van der Waals surface area contributed by atoms with Crippen molar-refractivity contribution in [3.05, 3.63) is 53.9 Å². The first kappa shape index (κ1) is 12.8. The van der Waals surface area contributed by atoms with Gasteiger partial charge in [-0.3, -0.25) is 0 Å². The third-order valence-electron chi connectivity index (χ3n) is 3.86. The second-order valence-electron chi connectivity index (χ2n) is 5.15. The Kier molecular flexibility index (Phi) is 3.67. The first-order valence-electron chi connectivity index (χ1n) is 6.85. The van der Waals surface area contributed by atoms with Gasteiger partial charge in [0.2, 0.25) is 0 Å². The Labute approximate surface area is 119 Å². The summed E-state index contributed by atoms with van der Waals surface area (Å²) in [5, 5.41) is 3.98. The molecule has 2 atom stereocenters. The van der Waals surface area contributed by atoms with Crippen LogP contribution in [0.5, 0.6) is 0 Å². The zero-order chi connectivity index (χ0) is 13.2. The lowest BCUT2D eigenvalue weighted by molar-refractivity contribution is 0.560. The lowest BCUT2D eigenvalue weighted by atomic mass is 10.1. The Morgan fingerprint density at radius 3 is 2.95 bits per heavy atom. The van der Waals surface area contributed by atoms with Crippen molar-refractivity contribution in [2.45, 2.75) is 36.1 Å². The Balaban J connectivity index is 1.73. The maximum atomic E-state index is 3.32. The van der Waals surface area contributed by atoms with Gasteiger partial charge in [-0.05, 0) is 44.2 Å². The third kappa shape index (κ3) is 2.58. The fourth-order valence-corrected chi connectivity index (χ4v) is 4.03. The fraction of sp³-hybridized carbons (Fsp3) is 0.375. The standard InChI is InChI=1S/C16H20N2S/c1-12(17-2)15-7-5-9-18(15)11-14-10-13-6-3-4-8-16(13)19-14/h3-9,12,14,17H,10-11H2,1-2H3. The van der Waals surface area contributed by atoms with E-state index in [9.17, 15) is 0 Å². The van der Waals surface area contributed by atoms with Gasteiger partial charge >= 0.3 is 0 Å². The number of thioether (sulfide) groups is 1. The van der Waals surface area contributed by atoms with E-state index in [4.69, 9.17) is 0 Å². The van der Waals surface area contributed by atoms with E-state index in [2.05, 4.69) is 59.4 Å². The first-order valence-corrected chi connectivity index (χ1v) is 7.72. The summed E-state index contributed by atoms with van der Waals surface area (Å²) in [6.07, 6.45) is 3.39. The van der Waals surface area contributed by atoms with Crippen LogP contribution in [-0.4, -0.2) is 16.9 Å². The molecular weight excluding hydrogens is 252 g/mol. The van der Waals surface area contributed by atoms with E-state index >= 15 is 0 Å². The summed E-state index contributed by atoms with van der Waals surface area (Å²) in [7, 11) is 2.02. The molecule has 2 unspecified atom stereocenters. The van der Waals surface area contributed by atoms with Crippen LogP contribution in [0.2, 0.25) is 0 Å². The highest BCUT2D eigenvalue weighted by Crippen LogP contribution is 2.37. The molecule has 2 nitrogen and oxygen atoms in total. The topological polar surface area (TPSA) is 17.0 Å². The van der Waals surface area contributed by atoms with E-state index in [1.165, 1.54) is 22.6 Å². The molecule has 0 fully saturated rings. The molecule has 0 saturated heterocycles. The van der Waals surface area contributed by atoms with Crippen LogP contribution in [0, 0.1) is 0 Å². The summed E-state index contributed by atoms with van der Waals surface area (Å²) in [4.78, 5) is 1.46. The molecule has 1 aromatic heterocycles. The predicted octanol–water partition coefficient (Wildman–Crippen LogP) is 3.49. The molecule has 3 heteroatoms. The molecule has 0 radical (unpaired) electrons. The number of hydrogen-bond acceptors (Lipinski definition) is 2. The molecule has 1 N–H and O–H groups in total. The maximum Gasteiger partial charge on any atom is 0.0443 e. The van der Waals surface area contributed by atoms with Crippen molar-refractivity contribution in [3.63, 3.8) is 0 Å². The minimum Gasteiger partial charge on any atom is -0.349 e. The van der Waals surface area contributed by atoms with Crippen LogP contribution in [0.15, 0.2) is 47.5 Å². The van der Waals surface area contributed by atoms with Crippen molar-refractivity contribution in [1.82, 2.24) is 9.88 Å². The van der Waals surface area contributed by atoms with E-state index in [1.807, 2.05) is 18.8 Å². The van der Waals surface area contributed by atoms with Crippen molar-refractivity contribution in [2.24, 2.45) is 0 Å². The second kappa shape index (κ2) is 5.43. The molecule has 0 saturated carbocycles. The molecule has 19 heavy (non-hydrogen) atoms. The van der Waals surface area contributed by atoms with Crippen molar-refractivity contribution >= 4 is 11.8 Å². The van der Waals surface area contributed by atoms with Gasteiger partial charge in [0.05, 0.1) is 0 Å². The van der Waals surface area contributed by atoms with E-state index in [0.29, 0.717) is 11.3 Å². The largest absolute Gasteiger partial charge is 0.349 e. The van der Waals surface area contributed by atoms with Gasteiger partial charge in [-0.25, -0.2) is 0 Å². The smallest absolute Gasteiger partial charge is 0.0443 e. The van der Waals surface area contributed by atoms with Crippen LogP contribution in [0.25, 0.3) is 0 Å². The first-order chi connectivity index (χ1) is 9.28. The molecule has 100 valence electrons. The average Bonchev–Trinajstić information content (AvgIpc) is 3.04. The number of nitrogens with zero attached hydrogens (tertiary/aromatic N) is 1. The number of fused-ring (bicyclic) bond motifs is 1. The van der Waals surface area contributed by atoms with Gasteiger partial charge in [0.15, 0.2) is 0 Å². The molecule has 2 heterocycles. The van der Waals surface area contributed by atoms with Crippen LogP contribution >= 0.6 is 11.8 Å². The Hall–Kier alpha value is -1.19. The zero-order valence-corrected chi connectivity index (χ0v) is 12.3. The minimum absolute atomic E-state index is 0.406. The molecule has 1 aliphatic rings. The number of nitrogens with one attached hydrogen (secondary N) is 1. The normalized spacial score (nSPS) is 19.4. The molecular formula is C16H20N2S. The van der Waals surface area contributed by atoms with Crippen LogP contribution in [0.4, 0.5) is 0 Å². The highest BCUT2D eigenvalue weighted by atomic mass is 32.2. The number of benzene rings is 1. The molecule has 1 aromatic carbocycles. The van der Waals surface area contributed by atoms with Gasteiger partial charge in [-0.1, -0.05) is 18.2 Å². The number of rotatable bonds is 4. The predicted molar refractivity (Wildman–Crippen MR) is 81.7 cm³/mol. The Bertz CT molecular complexity index is 536. The van der Waals surface area contributed by atoms with Crippen LogP contribution in [0.1, 0.15) is 24.2 Å². The Morgan fingerprint density at radius 1 is 1.32 bits per heavy atom. The van der Waals surface area contributed by atoms with E-state index in [0.717, 1.165) is 6.54 Å². The quantitative estimate of drug-likeness (QED) is 0.917. The summed E-state index contributed by atoms with van der Waals surface area (Å²) in [5.74, 6) is 0. The SMILES string of the molecule is CNC(C)c1cccn1CC1Cc2ccccc2S1. The molecule has 3 rings (SSSR count). The van der Waals surface area contributed by atoms with Gasteiger partial charge in [0.25, 0.3) is 0 Å². The average molecular weight is 272 g/mol. The molecule has 0 bridgehead atoms. The molecule has 2 aromatic rings. The zero-order valence-electron chi connectivity index (χ0n) is 11.5. The molecule has 1 aliphatic heterocycles. The number of aromatic nitrogens is 1. The van der Waals surface area contributed by atoms with Gasteiger partial charge in [-0.2, -0.15) is 0 Å². The summed E-state index contributed by atoms with van der Waals surface area (Å²) < 4.78 is 2.39. The fourth-order valence-electron chi connectivity index (χ4n) is 2.71. The van der Waals surface area contributed by atoms with Gasteiger partial charge in [-0.15, -0.1) is 11.8 Å². The van der Waals surface area contributed by atoms with Crippen molar-refractivity contribution in [2.75, 3.05) is 7.05 Å². The molecule has 0 aliphatic carbocycles. The van der Waals surface area contributed by atoms with Crippen molar-refractivity contribution in [1.29, 1.82) is 0 Å². The minimum atomic E-state index is 0.406. The Morgan fingerprint density at radius 2 is 2.16 bits per heavy atom. The van der Waals surface area contributed by atoms with Gasteiger partial charge < -0.3 is 9.88 Å². The number of hydrogen-bond donors (Lipinski definition) is 1. The summed E-state index contributed by atoms with van der Waals surface area (Å²) >= 11 is 2.02. The van der Waals surface area contributed by atoms with Crippen LogP contribution in [-0.2, 0) is 13.0 Å². The van der Waals surface area contributed by atoms with E-state index in [-0.39, 0.29) is 0 Å². The van der Waals surface area contributed by atoms with Crippen molar-refractivity contribution < 1.29 is 0 Å². The van der Waals surface area contributed by atoms with Crippen LogP contribution < -0.4 is 5.32 Å². The van der Waals surface area contributed by atoms with Crippen molar-refractivity contribution in [3.8, 4) is 0 Å². The van der Waals surface area contributed by atoms with E-state index in [1.54, 1.807) is 0 Å². The highest BCUT2D eigenvalue weighted by Gasteiger charge is 2.22.